The number of nitrogens with zero attached hydrogens (tertiary/aromatic N) is 2. The predicted octanol–water partition coefficient (Wildman–Crippen LogP) is 2.95. The highest BCUT2D eigenvalue weighted by Gasteiger charge is 2.09. The monoisotopic (exact) mass is 277 g/mol. The van der Waals surface area contributed by atoms with Gasteiger partial charge in [-0.15, -0.1) is 0 Å². The zero-order valence-corrected chi connectivity index (χ0v) is 12.1. The van der Waals surface area contributed by atoms with Crippen LogP contribution in [0.1, 0.15) is 36.8 Å². The van der Waals surface area contributed by atoms with Gasteiger partial charge in [0.05, 0.1) is 11.4 Å². The van der Waals surface area contributed by atoms with Crippen LogP contribution in [0.4, 0.5) is 4.39 Å². The highest BCUT2D eigenvalue weighted by Crippen LogP contribution is 2.21. The van der Waals surface area contributed by atoms with Crippen LogP contribution in [0.15, 0.2) is 24.3 Å². The largest absolute Gasteiger partial charge is 0.487 e. The molecule has 0 amide bonds. The van der Waals surface area contributed by atoms with Crippen LogP contribution in [-0.2, 0) is 13.2 Å². The predicted molar refractivity (Wildman–Crippen MR) is 76.0 cm³/mol. The lowest BCUT2D eigenvalue weighted by Crippen LogP contribution is -2.08. The van der Waals surface area contributed by atoms with Crippen molar-refractivity contribution in [3.8, 4) is 5.75 Å². The van der Waals surface area contributed by atoms with E-state index in [0.29, 0.717) is 17.9 Å². The lowest BCUT2D eigenvalue weighted by molar-refractivity contribution is 0.291. The van der Waals surface area contributed by atoms with E-state index in [9.17, 15) is 4.39 Å². The Morgan fingerprint density at radius 1 is 1.40 bits per heavy atom. The van der Waals surface area contributed by atoms with Gasteiger partial charge in [-0.1, -0.05) is 6.07 Å². The van der Waals surface area contributed by atoms with Crippen molar-refractivity contribution >= 4 is 0 Å². The maximum atomic E-state index is 13.8. The van der Waals surface area contributed by atoms with Crippen molar-refractivity contribution < 1.29 is 9.13 Å². The summed E-state index contributed by atoms with van der Waals surface area (Å²) in [6.07, 6.45) is 0. The highest BCUT2D eigenvalue weighted by molar-refractivity contribution is 5.30. The van der Waals surface area contributed by atoms with Crippen molar-refractivity contribution in [3.05, 3.63) is 47.0 Å². The molecule has 0 fully saturated rings. The molecule has 0 radical (unpaired) electrons. The number of aryl methyl sites for hydroxylation is 2. The first kappa shape index (κ1) is 14.5. The summed E-state index contributed by atoms with van der Waals surface area (Å²) >= 11 is 0. The zero-order valence-electron chi connectivity index (χ0n) is 12.1. The summed E-state index contributed by atoms with van der Waals surface area (Å²) in [5, 5.41) is 4.34. The Labute approximate surface area is 118 Å². The Morgan fingerprint density at radius 3 is 2.75 bits per heavy atom. The zero-order chi connectivity index (χ0) is 14.7. The van der Waals surface area contributed by atoms with E-state index in [1.807, 2.05) is 24.6 Å². The third kappa shape index (κ3) is 3.17. The Morgan fingerprint density at radius 2 is 2.15 bits per heavy atom. The molecule has 1 unspecified atom stereocenters. The second kappa shape index (κ2) is 6.05. The fraction of sp³-hybridized carbons (Fsp3) is 0.400. The second-order valence-corrected chi connectivity index (χ2v) is 4.85. The molecular weight excluding hydrogens is 257 g/mol. The van der Waals surface area contributed by atoms with Crippen LogP contribution in [0.5, 0.6) is 5.75 Å². The minimum absolute atomic E-state index is 0.326. The van der Waals surface area contributed by atoms with Gasteiger partial charge < -0.3 is 10.5 Å². The van der Waals surface area contributed by atoms with Crippen molar-refractivity contribution in [1.82, 2.24) is 9.78 Å². The minimum Gasteiger partial charge on any atom is -0.487 e. The van der Waals surface area contributed by atoms with Crippen molar-refractivity contribution in [2.45, 2.75) is 40.0 Å². The fourth-order valence-corrected chi connectivity index (χ4v) is 2.11. The third-order valence-corrected chi connectivity index (χ3v) is 3.13. The molecule has 20 heavy (non-hydrogen) atoms. The summed E-state index contributed by atoms with van der Waals surface area (Å²) < 4.78 is 21.3. The van der Waals surface area contributed by atoms with Crippen LogP contribution in [0.2, 0.25) is 0 Å². The number of halogens is 1. The van der Waals surface area contributed by atoms with Crippen LogP contribution in [0, 0.1) is 12.7 Å². The topological polar surface area (TPSA) is 53.1 Å². The molecule has 1 aromatic carbocycles. The lowest BCUT2D eigenvalue weighted by Gasteiger charge is -2.11. The summed E-state index contributed by atoms with van der Waals surface area (Å²) in [5.74, 6) is 0.158. The summed E-state index contributed by atoms with van der Waals surface area (Å²) in [4.78, 5) is 0. The van der Waals surface area contributed by atoms with Crippen LogP contribution < -0.4 is 10.5 Å². The maximum absolute atomic E-state index is 13.8. The molecule has 2 aromatic rings. The Hall–Kier alpha value is -1.88. The van der Waals surface area contributed by atoms with Crippen LogP contribution in [-0.4, -0.2) is 9.78 Å². The summed E-state index contributed by atoms with van der Waals surface area (Å²) in [6, 6.07) is 6.42. The van der Waals surface area contributed by atoms with Gasteiger partial charge in [-0.2, -0.15) is 5.10 Å². The SMILES string of the molecule is CCn1nc(C)cc1COc1ccc(C(C)N)c(F)c1. The van der Waals surface area contributed by atoms with Gasteiger partial charge in [-0.25, -0.2) is 4.39 Å². The van der Waals surface area contributed by atoms with E-state index in [1.54, 1.807) is 19.1 Å². The number of rotatable bonds is 5. The summed E-state index contributed by atoms with van der Waals surface area (Å²) in [6.45, 7) is 6.86. The molecule has 0 saturated carbocycles. The maximum Gasteiger partial charge on any atom is 0.131 e. The van der Waals surface area contributed by atoms with E-state index < -0.39 is 0 Å². The number of nitrogens with two attached hydrogens (primary N) is 1. The van der Waals surface area contributed by atoms with E-state index in [4.69, 9.17) is 10.5 Å². The normalized spacial score (nSPS) is 12.4. The molecule has 0 spiro atoms. The van der Waals surface area contributed by atoms with Crippen molar-refractivity contribution in [2.75, 3.05) is 0 Å². The van der Waals surface area contributed by atoms with Crippen molar-refractivity contribution in [1.29, 1.82) is 0 Å². The molecule has 0 bridgehead atoms. The van der Waals surface area contributed by atoms with Crippen LogP contribution in [0.3, 0.4) is 0 Å². The van der Waals surface area contributed by atoms with E-state index in [-0.39, 0.29) is 11.9 Å². The van der Waals surface area contributed by atoms with Gasteiger partial charge in [0, 0.05) is 24.2 Å². The number of benzene rings is 1. The smallest absolute Gasteiger partial charge is 0.131 e. The van der Waals surface area contributed by atoms with Gasteiger partial charge in [0.15, 0.2) is 0 Å². The highest BCUT2D eigenvalue weighted by atomic mass is 19.1. The lowest BCUT2D eigenvalue weighted by atomic mass is 10.1. The second-order valence-electron chi connectivity index (χ2n) is 4.85. The van der Waals surface area contributed by atoms with Gasteiger partial charge in [-0.3, -0.25) is 4.68 Å². The Balaban J connectivity index is 2.09. The first-order chi connectivity index (χ1) is 9.51. The molecule has 4 nitrogen and oxygen atoms in total. The van der Waals surface area contributed by atoms with Gasteiger partial charge in [0.2, 0.25) is 0 Å². The molecule has 1 heterocycles. The summed E-state index contributed by atoms with van der Waals surface area (Å²) in [5.41, 5.74) is 8.09. The standard InChI is InChI=1S/C15H20FN3O/c1-4-19-12(7-10(2)18-19)9-20-13-5-6-14(11(3)17)15(16)8-13/h5-8,11H,4,9,17H2,1-3H3. The van der Waals surface area contributed by atoms with Gasteiger partial charge >= 0.3 is 0 Å². The molecule has 0 aliphatic rings. The quantitative estimate of drug-likeness (QED) is 0.914. The van der Waals surface area contributed by atoms with E-state index >= 15 is 0 Å². The fourth-order valence-electron chi connectivity index (χ4n) is 2.11. The molecule has 108 valence electrons. The van der Waals surface area contributed by atoms with E-state index in [1.165, 1.54) is 6.07 Å². The molecule has 2 N–H and O–H groups in total. The molecule has 0 aliphatic heterocycles. The number of aromatic nitrogens is 2. The first-order valence-electron chi connectivity index (χ1n) is 6.72. The average Bonchev–Trinajstić information content (AvgIpc) is 2.76. The number of ether oxygens (including phenoxy) is 1. The molecule has 1 atom stereocenters. The van der Waals surface area contributed by atoms with Crippen molar-refractivity contribution in [3.63, 3.8) is 0 Å². The number of hydrogen-bond acceptors (Lipinski definition) is 3. The third-order valence-electron chi connectivity index (χ3n) is 3.13. The summed E-state index contributed by atoms with van der Waals surface area (Å²) in [7, 11) is 0. The molecular formula is C15H20FN3O. The van der Waals surface area contributed by atoms with Crippen molar-refractivity contribution in [2.24, 2.45) is 5.73 Å². The van der Waals surface area contributed by atoms with Crippen LogP contribution >= 0.6 is 0 Å². The average molecular weight is 277 g/mol. The number of hydrogen-bond donors (Lipinski definition) is 1. The minimum atomic E-state index is -0.335. The molecule has 2 rings (SSSR count). The van der Waals surface area contributed by atoms with Gasteiger partial charge in [0.25, 0.3) is 0 Å². The molecule has 5 heteroatoms. The van der Waals surface area contributed by atoms with Gasteiger partial charge in [0.1, 0.15) is 18.2 Å². The van der Waals surface area contributed by atoms with E-state index in [0.717, 1.165) is 17.9 Å². The molecule has 1 aromatic heterocycles. The Bertz CT molecular complexity index is 593. The van der Waals surface area contributed by atoms with Gasteiger partial charge in [-0.05, 0) is 32.9 Å². The van der Waals surface area contributed by atoms with E-state index in [2.05, 4.69) is 5.10 Å². The molecule has 0 aliphatic carbocycles. The Kier molecular flexibility index (Phi) is 4.39. The first-order valence-corrected chi connectivity index (χ1v) is 6.72. The van der Waals surface area contributed by atoms with Crippen LogP contribution in [0.25, 0.3) is 0 Å². The molecule has 0 saturated heterocycles.